The molecule has 0 bridgehead atoms. The van der Waals surface area contributed by atoms with Gasteiger partial charge in [0, 0.05) is 25.2 Å². The molecule has 0 spiro atoms. The van der Waals surface area contributed by atoms with Gasteiger partial charge in [-0.3, -0.25) is 4.68 Å². The molecule has 0 aliphatic heterocycles. The third-order valence-electron chi connectivity index (χ3n) is 3.48. The fourth-order valence-electron chi connectivity index (χ4n) is 2.35. The van der Waals surface area contributed by atoms with E-state index in [0.29, 0.717) is 6.42 Å². The van der Waals surface area contributed by atoms with Gasteiger partial charge in [0.25, 0.3) is 0 Å². The van der Waals surface area contributed by atoms with E-state index in [1.165, 1.54) is 12.1 Å². The van der Waals surface area contributed by atoms with Crippen molar-refractivity contribution < 1.29 is 13.2 Å². The van der Waals surface area contributed by atoms with E-state index in [2.05, 4.69) is 5.10 Å². The summed E-state index contributed by atoms with van der Waals surface area (Å²) in [5.41, 5.74) is 7.18. The number of halogens is 3. The van der Waals surface area contributed by atoms with E-state index in [1.807, 2.05) is 13.0 Å². The molecule has 0 fully saturated rings. The highest BCUT2D eigenvalue weighted by molar-refractivity contribution is 5.33. The van der Waals surface area contributed by atoms with Crippen LogP contribution in [-0.4, -0.2) is 9.78 Å². The number of nitrogens with two attached hydrogens (primary N) is 1. The average molecular weight is 297 g/mol. The minimum absolute atomic E-state index is 0.115. The quantitative estimate of drug-likeness (QED) is 0.941. The van der Waals surface area contributed by atoms with Crippen molar-refractivity contribution in [2.24, 2.45) is 12.8 Å². The average Bonchev–Trinajstić information content (AvgIpc) is 2.78. The van der Waals surface area contributed by atoms with E-state index < -0.39 is 17.8 Å². The lowest BCUT2D eigenvalue weighted by Crippen LogP contribution is -2.20. The van der Waals surface area contributed by atoms with Crippen LogP contribution in [0.4, 0.5) is 13.2 Å². The van der Waals surface area contributed by atoms with Crippen molar-refractivity contribution in [2.75, 3.05) is 0 Å². The predicted octanol–water partition coefficient (Wildman–Crippen LogP) is 3.24. The second-order valence-electron chi connectivity index (χ2n) is 5.00. The van der Waals surface area contributed by atoms with Gasteiger partial charge in [-0.15, -0.1) is 0 Å². The van der Waals surface area contributed by atoms with Gasteiger partial charge < -0.3 is 5.73 Å². The van der Waals surface area contributed by atoms with Gasteiger partial charge in [-0.2, -0.15) is 18.3 Å². The summed E-state index contributed by atoms with van der Waals surface area (Å²) in [5.74, 6) is 0. The molecule has 114 valence electrons. The summed E-state index contributed by atoms with van der Waals surface area (Å²) >= 11 is 0. The van der Waals surface area contributed by atoms with Crippen LogP contribution in [0.25, 0.3) is 0 Å². The van der Waals surface area contributed by atoms with Crippen molar-refractivity contribution >= 4 is 0 Å². The van der Waals surface area contributed by atoms with Crippen LogP contribution in [0.3, 0.4) is 0 Å². The number of rotatable bonds is 4. The van der Waals surface area contributed by atoms with Crippen LogP contribution in [0.1, 0.15) is 35.5 Å². The summed E-state index contributed by atoms with van der Waals surface area (Å²) in [5, 5.41) is 4.29. The fraction of sp³-hybridized carbons (Fsp3) is 0.400. The zero-order valence-electron chi connectivity index (χ0n) is 12.0. The summed E-state index contributed by atoms with van der Waals surface area (Å²) in [4.78, 5) is 0. The molecule has 0 saturated heterocycles. The van der Waals surface area contributed by atoms with Crippen molar-refractivity contribution in [3.05, 3.63) is 52.8 Å². The molecule has 1 heterocycles. The maximum absolute atomic E-state index is 13.0. The second-order valence-corrected chi connectivity index (χ2v) is 5.00. The first-order chi connectivity index (χ1) is 9.82. The molecule has 1 aromatic carbocycles. The molecule has 0 saturated carbocycles. The fourth-order valence-corrected chi connectivity index (χ4v) is 2.35. The Morgan fingerprint density at radius 3 is 2.52 bits per heavy atom. The molecule has 3 nitrogen and oxygen atoms in total. The van der Waals surface area contributed by atoms with Crippen LogP contribution < -0.4 is 5.73 Å². The highest BCUT2D eigenvalue weighted by Crippen LogP contribution is 2.34. The number of aromatic nitrogens is 2. The molecule has 2 N–H and O–H groups in total. The Morgan fingerprint density at radius 1 is 1.29 bits per heavy atom. The lowest BCUT2D eigenvalue weighted by atomic mass is 9.97. The largest absolute Gasteiger partial charge is 0.416 e. The number of hydrogen-bond acceptors (Lipinski definition) is 2. The smallest absolute Gasteiger partial charge is 0.324 e. The van der Waals surface area contributed by atoms with Gasteiger partial charge in [-0.25, -0.2) is 0 Å². The summed E-state index contributed by atoms with van der Waals surface area (Å²) in [7, 11) is 1.77. The Kier molecular flexibility index (Phi) is 4.37. The Morgan fingerprint density at radius 2 is 1.95 bits per heavy atom. The molecule has 21 heavy (non-hydrogen) atoms. The summed E-state index contributed by atoms with van der Waals surface area (Å²) in [6.07, 6.45) is -3.30. The number of benzene rings is 1. The van der Waals surface area contributed by atoms with Crippen molar-refractivity contribution in [3.63, 3.8) is 0 Å². The highest BCUT2D eigenvalue weighted by Gasteiger charge is 2.34. The van der Waals surface area contributed by atoms with Gasteiger partial charge >= 0.3 is 6.18 Å². The molecule has 1 atom stereocenters. The molecule has 0 aliphatic carbocycles. The molecule has 0 aliphatic rings. The van der Waals surface area contributed by atoms with Crippen LogP contribution in [0.5, 0.6) is 0 Å². The Balaban J connectivity index is 2.28. The first-order valence-electron chi connectivity index (χ1n) is 6.76. The van der Waals surface area contributed by atoms with Gasteiger partial charge in [-0.05, 0) is 24.1 Å². The van der Waals surface area contributed by atoms with Crippen molar-refractivity contribution in [3.8, 4) is 0 Å². The maximum atomic E-state index is 13.0. The SMILES string of the molecule is CCc1cc(CC(N)c2ccccc2C(F)(F)F)n(C)n1. The first-order valence-corrected chi connectivity index (χ1v) is 6.76. The van der Waals surface area contributed by atoms with Crippen LogP contribution in [-0.2, 0) is 26.1 Å². The molecule has 2 rings (SSSR count). The topological polar surface area (TPSA) is 43.8 Å². The lowest BCUT2D eigenvalue weighted by Gasteiger charge is -2.18. The lowest BCUT2D eigenvalue weighted by molar-refractivity contribution is -0.138. The van der Waals surface area contributed by atoms with Crippen molar-refractivity contribution in [1.29, 1.82) is 0 Å². The summed E-state index contributed by atoms with van der Waals surface area (Å²) in [6.45, 7) is 1.98. The molecule has 2 aromatic rings. The zero-order chi connectivity index (χ0) is 15.6. The molecule has 0 radical (unpaired) electrons. The monoisotopic (exact) mass is 297 g/mol. The van der Waals surface area contributed by atoms with Crippen LogP contribution >= 0.6 is 0 Å². The Bertz CT molecular complexity index is 617. The maximum Gasteiger partial charge on any atom is 0.416 e. The summed E-state index contributed by atoms with van der Waals surface area (Å²) < 4.78 is 40.7. The highest BCUT2D eigenvalue weighted by atomic mass is 19.4. The van der Waals surface area contributed by atoms with E-state index >= 15 is 0 Å². The van der Waals surface area contributed by atoms with E-state index in [-0.39, 0.29) is 5.56 Å². The predicted molar refractivity (Wildman–Crippen MR) is 74.7 cm³/mol. The number of aryl methyl sites for hydroxylation is 2. The van der Waals surface area contributed by atoms with Crippen LogP contribution in [0.2, 0.25) is 0 Å². The molecule has 0 amide bonds. The van der Waals surface area contributed by atoms with E-state index in [0.717, 1.165) is 23.9 Å². The standard InChI is InChI=1S/C15H18F3N3/c1-3-10-8-11(21(2)20-10)9-14(19)12-6-4-5-7-13(12)15(16,17)18/h4-8,14H,3,9,19H2,1-2H3. The summed E-state index contributed by atoms with van der Waals surface area (Å²) in [6, 6.07) is 6.61. The normalized spacial score (nSPS) is 13.4. The minimum Gasteiger partial charge on any atom is -0.324 e. The first kappa shape index (κ1) is 15.6. The van der Waals surface area contributed by atoms with Gasteiger partial charge in [0.1, 0.15) is 0 Å². The molecule has 1 unspecified atom stereocenters. The van der Waals surface area contributed by atoms with Crippen LogP contribution in [0, 0.1) is 0 Å². The van der Waals surface area contributed by atoms with Gasteiger partial charge in [0.2, 0.25) is 0 Å². The van der Waals surface area contributed by atoms with Crippen LogP contribution in [0.15, 0.2) is 30.3 Å². The number of alkyl halides is 3. The van der Waals surface area contributed by atoms with Crippen molar-refractivity contribution in [1.82, 2.24) is 9.78 Å². The zero-order valence-corrected chi connectivity index (χ0v) is 12.0. The van der Waals surface area contributed by atoms with E-state index in [9.17, 15) is 13.2 Å². The molecule has 6 heteroatoms. The van der Waals surface area contributed by atoms with E-state index in [1.54, 1.807) is 17.8 Å². The Hall–Kier alpha value is -1.82. The molecule has 1 aromatic heterocycles. The van der Waals surface area contributed by atoms with Crippen molar-refractivity contribution in [2.45, 2.75) is 32.0 Å². The number of nitrogens with zero attached hydrogens (tertiary/aromatic N) is 2. The van der Waals surface area contributed by atoms with Gasteiger partial charge in [0.05, 0.1) is 11.3 Å². The van der Waals surface area contributed by atoms with E-state index in [4.69, 9.17) is 5.73 Å². The van der Waals surface area contributed by atoms with Gasteiger partial charge in [-0.1, -0.05) is 25.1 Å². The minimum atomic E-state index is -4.39. The third-order valence-corrected chi connectivity index (χ3v) is 3.48. The molecular formula is C15H18F3N3. The third kappa shape index (κ3) is 3.44. The second kappa shape index (κ2) is 5.89. The molecular weight excluding hydrogens is 279 g/mol. The van der Waals surface area contributed by atoms with Gasteiger partial charge in [0.15, 0.2) is 0 Å². The number of hydrogen-bond donors (Lipinski definition) is 1. The Labute approximate surface area is 121 Å².